The molecule has 1 aromatic rings. The Morgan fingerprint density at radius 3 is 2.55 bits per heavy atom. The van der Waals surface area contributed by atoms with Gasteiger partial charge in [-0.3, -0.25) is 19.7 Å². The minimum absolute atomic E-state index is 0.281. The molecule has 0 aliphatic carbocycles. The first-order chi connectivity index (χ1) is 10.3. The number of hydrogen-bond acceptors (Lipinski definition) is 5. The maximum absolute atomic E-state index is 14.1. The molecule has 8 nitrogen and oxygen atoms in total. The molecule has 0 fully saturated rings. The van der Waals surface area contributed by atoms with Gasteiger partial charge in [-0.2, -0.15) is 0 Å². The van der Waals surface area contributed by atoms with Gasteiger partial charge in [0.15, 0.2) is 5.92 Å². The lowest BCUT2D eigenvalue weighted by atomic mass is 9.84. The Morgan fingerprint density at radius 2 is 2.00 bits per heavy atom. The summed E-state index contributed by atoms with van der Waals surface area (Å²) in [5.41, 5.74) is 0.273. The predicted octanol–water partition coefficient (Wildman–Crippen LogP) is 0.906. The topological polar surface area (TPSA) is 127 Å². The first-order valence-electron chi connectivity index (χ1n) is 6.33. The van der Waals surface area contributed by atoms with Gasteiger partial charge >= 0.3 is 11.9 Å². The molecule has 2 rings (SSSR count). The summed E-state index contributed by atoms with van der Waals surface area (Å²) in [6.45, 7) is -0.681. The van der Waals surface area contributed by atoms with E-state index in [4.69, 9.17) is 14.9 Å². The summed E-state index contributed by atoms with van der Waals surface area (Å²) in [6.07, 6.45) is 0.443. The Balaban J connectivity index is 2.52. The molecule has 0 radical (unpaired) electrons. The van der Waals surface area contributed by atoms with Gasteiger partial charge in [0.25, 0.3) is 0 Å². The normalized spacial score (nSPS) is 14.3. The van der Waals surface area contributed by atoms with E-state index in [2.05, 4.69) is 0 Å². The molecule has 0 bridgehead atoms. The first-order valence-corrected chi connectivity index (χ1v) is 6.33. The second-order valence-electron chi connectivity index (χ2n) is 4.86. The van der Waals surface area contributed by atoms with Crippen molar-refractivity contribution in [2.75, 3.05) is 13.2 Å². The van der Waals surface area contributed by atoms with E-state index >= 15 is 0 Å². The number of fused-ring (bicyclic) bond motifs is 1. The van der Waals surface area contributed by atoms with Crippen LogP contribution in [-0.2, 0) is 16.0 Å². The van der Waals surface area contributed by atoms with Gasteiger partial charge in [-0.05, 0) is 17.2 Å². The van der Waals surface area contributed by atoms with E-state index in [1.807, 2.05) is 0 Å². The van der Waals surface area contributed by atoms with Crippen LogP contribution in [0.15, 0.2) is 12.1 Å². The zero-order chi connectivity index (χ0) is 16.4. The molecule has 1 unspecified atom stereocenters. The van der Waals surface area contributed by atoms with Crippen LogP contribution in [0.3, 0.4) is 0 Å². The number of halogens is 1. The Bertz CT molecular complexity index is 632. The number of rotatable bonds is 6. The van der Waals surface area contributed by atoms with Crippen LogP contribution in [0.4, 0.5) is 4.39 Å². The average molecular weight is 313 g/mol. The molecular weight excluding hydrogens is 301 g/mol. The van der Waals surface area contributed by atoms with E-state index in [1.165, 1.54) is 6.07 Å². The van der Waals surface area contributed by atoms with Crippen LogP contribution < -0.4 is 4.74 Å². The van der Waals surface area contributed by atoms with Crippen molar-refractivity contribution in [1.29, 1.82) is 0 Å². The second-order valence-corrected chi connectivity index (χ2v) is 4.86. The van der Waals surface area contributed by atoms with Gasteiger partial charge in [-0.15, -0.1) is 0 Å². The smallest absolute Gasteiger partial charge is 0.318 e. The fraction of sp³-hybridized carbons (Fsp3) is 0.385. The number of aliphatic carboxylic acids is 2. The molecule has 0 amide bonds. The first kappa shape index (κ1) is 15.7. The van der Waals surface area contributed by atoms with Gasteiger partial charge < -0.3 is 14.9 Å². The van der Waals surface area contributed by atoms with Crippen LogP contribution in [0.5, 0.6) is 5.75 Å². The van der Waals surface area contributed by atoms with E-state index < -0.39 is 41.1 Å². The second kappa shape index (κ2) is 5.96. The number of hydrogen-bond donors (Lipinski definition) is 2. The lowest BCUT2D eigenvalue weighted by molar-refractivity contribution is -0.484. The summed E-state index contributed by atoms with van der Waals surface area (Å²) in [4.78, 5) is 32.2. The molecule has 2 N–H and O–H groups in total. The minimum Gasteiger partial charge on any atom is -0.493 e. The van der Waals surface area contributed by atoms with Crippen LogP contribution in [0.2, 0.25) is 0 Å². The van der Waals surface area contributed by atoms with E-state index in [-0.39, 0.29) is 11.3 Å². The predicted molar refractivity (Wildman–Crippen MR) is 69.0 cm³/mol. The fourth-order valence-corrected chi connectivity index (χ4v) is 2.50. The number of benzene rings is 1. The molecule has 118 valence electrons. The zero-order valence-corrected chi connectivity index (χ0v) is 11.2. The summed E-state index contributed by atoms with van der Waals surface area (Å²) in [5.74, 6) is -7.87. The molecule has 22 heavy (non-hydrogen) atoms. The molecule has 0 spiro atoms. The molecule has 0 saturated heterocycles. The third kappa shape index (κ3) is 2.97. The van der Waals surface area contributed by atoms with Crippen LogP contribution in [0, 0.1) is 21.8 Å². The quantitative estimate of drug-likeness (QED) is 0.454. The number of carboxylic acids is 2. The van der Waals surface area contributed by atoms with E-state index in [9.17, 15) is 24.1 Å². The van der Waals surface area contributed by atoms with Crippen LogP contribution in [0.1, 0.15) is 17.0 Å². The highest BCUT2D eigenvalue weighted by atomic mass is 19.1. The summed E-state index contributed by atoms with van der Waals surface area (Å²) < 4.78 is 19.3. The molecule has 1 aliphatic rings. The number of nitro groups is 1. The summed E-state index contributed by atoms with van der Waals surface area (Å²) in [5, 5.41) is 28.8. The Hall–Kier alpha value is -2.71. The minimum atomic E-state index is -2.11. The highest BCUT2D eigenvalue weighted by molar-refractivity contribution is 5.94. The largest absolute Gasteiger partial charge is 0.493 e. The molecule has 0 aromatic heterocycles. The number of nitrogens with zero attached hydrogens (tertiary/aromatic N) is 1. The lowest BCUT2D eigenvalue weighted by Crippen LogP contribution is -2.34. The maximum Gasteiger partial charge on any atom is 0.318 e. The highest BCUT2D eigenvalue weighted by Gasteiger charge is 2.41. The van der Waals surface area contributed by atoms with Crippen molar-refractivity contribution < 1.29 is 33.9 Å². The number of carbonyl (C=O) groups is 2. The van der Waals surface area contributed by atoms with E-state index in [0.29, 0.717) is 18.6 Å². The van der Waals surface area contributed by atoms with Crippen molar-refractivity contribution in [3.05, 3.63) is 39.2 Å². The summed E-state index contributed by atoms with van der Waals surface area (Å²) in [7, 11) is 0. The Kier molecular flexibility index (Phi) is 4.25. The molecule has 0 saturated carbocycles. The van der Waals surface area contributed by atoms with Gasteiger partial charge in [-0.25, -0.2) is 4.39 Å². The monoisotopic (exact) mass is 313 g/mol. The third-order valence-corrected chi connectivity index (χ3v) is 3.49. The van der Waals surface area contributed by atoms with Crippen LogP contribution in [0.25, 0.3) is 0 Å². The Morgan fingerprint density at radius 1 is 1.36 bits per heavy atom. The van der Waals surface area contributed by atoms with Gasteiger partial charge in [0.05, 0.1) is 12.5 Å². The van der Waals surface area contributed by atoms with Crippen molar-refractivity contribution in [2.45, 2.75) is 12.3 Å². The highest BCUT2D eigenvalue weighted by Crippen LogP contribution is 2.34. The van der Waals surface area contributed by atoms with Crippen molar-refractivity contribution in [1.82, 2.24) is 0 Å². The maximum atomic E-state index is 14.1. The molecule has 1 aliphatic heterocycles. The third-order valence-electron chi connectivity index (χ3n) is 3.49. The summed E-state index contributed by atoms with van der Waals surface area (Å²) >= 11 is 0. The molecule has 1 heterocycles. The van der Waals surface area contributed by atoms with Gasteiger partial charge in [0.1, 0.15) is 11.6 Å². The molecule has 1 aromatic carbocycles. The van der Waals surface area contributed by atoms with Crippen molar-refractivity contribution in [2.24, 2.45) is 5.92 Å². The summed E-state index contributed by atoms with van der Waals surface area (Å²) in [6, 6.07) is 2.26. The van der Waals surface area contributed by atoms with Gasteiger partial charge in [0, 0.05) is 17.4 Å². The van der Waals surface area contributed by atoms with Crippen LogP contribution >= 0.6 is 0 Å². The van der Waals surface area contributed by atoms with Gasteiger partial charge in [-0.1, -0.05) is 0 Å². The van der Waals surface area contributed by atoms with Crippen LogP contribution in [-0.4, -0.2) is 40.2 Å². The van der Waals surface area contributed by atoms with Crippen molar-refractivity contribution >= 4 is 11.9 Å². The SMILES string of the molecule is O=C(O)C(C(=O)O)C(C[N+](=O)[O-])c1cc2c(cc1F)OCC2. The molecule has 1 atom stereocenters. The zero-order valence-electron chi connectivity index (χ0n) is 11.2. The number of carboxylic acid groups (broad SMARTS) is 2. The van der Waals surface area contributed by atoms with E-state index in [1.54, 1.807) is 0 Å². The lowest BCUT2D eigenvalue weighted by Gasteiger charge is -2.19. The van der Waals surface area contributed by atoms with E-state index in [0.717, 1.165) is 6.07 Å². The van der Waals surface area contributed by atoms with Crippen molar-refractivity contribution in [3.8, 4) is 5.75 Å². The van der Waals surface area contributed by atoms with Crippen molar-refractivity contribution in [3.63, 3.8) is 0 Å². The molecule has 9 heteroatoms. The molecular formula is C13H12FNO7. The van der Waals surface area contributed by atoms with Gasteiger partial charge in [0.2, 0.25) is 6.54 Å². The standard InChI is InChI=1S/C13H12FNO7/c14-9-4-10-6(1-2-22-10)3-7(9)8(5-15(20)21)11(12(16)17)13(18)19/h3-4,8,11H,1-2,5H2,(H,16,17)(H,18,19). The Labute approximate surface area is 123 Å². The number of ether oxygens (including phenoxy) is 1. The fourth-order valence-electron chi connectivity index (χ4n) is 2.50. The average Bonchev–Trinajstić information content (AvgIpc) is 2.82.